The zero-order valence-corrected chi connectivity index (χ0v) is 14.8. The molecular formula is C22H21FN2O. The van der Waals surface area contributed by atoms with Crippen molar-refractivity contribution in [3.05, 3.63) is 65.2 Å². The van der Waals surface area contributed by atoms with Gasteiger partial charge in [0.15, 0.2) is 0 Å². The van der Waals surface area contributed by atoms with Crippen molar-refractivity contribution in [2.45, 2.75) is 37.6 Å². The molecule has 1 aliphatic heterocycles. The van der Waals surface area contributed by atoms with Crippen LogP contribution in [0, 0.1) is 23.6 Å². The van der Waals surface area contributed by atoms with Gasteiger partial charge in [0.25, 0.3) is 0 Å². The molecule has 4 heteroatoms. The minimum Gasteiger partial charge on any atom is -0.342 e. The zero-order chi connectivity index (χ0) is 18.1. The molecular weight excluding hydrogens is 327 g/mol. The fraction of sp³-hybridized carbons (Fsp3) is 0.364. The summed E-state index contributed by atoms with van der Waals surface area (Å²) in [5, 5.41) is 0. The molecule has 0 N–H and O–H groups in total. The molecule has 0 radical (unpaired) electrons. The molecule has 132 valence electrons. The van der Waals surface area contributed by atoms with Gasteiger partial charge < -0.3 is 4.90 Å². The molecule has 3 nitrogen and oxygen atoms in total. The van der Waals surface area contributed by atoms with Crippen molar-refractivity contribution in [2.24, 2.45) is 5.92 Å². The molecule has 1 saturated heterocycles. The average Bonchev–Trinajstić information content (AvgIpc) is 2.92. The number of likely N-dealkylation sites (tertiary alicyclic amines) is 1. The van der Waals surface area contributed by atoms with E-state index in [4.69, 9.17) is 0 Å². The fourth-order valence-corrected chi connectivity index (χ4v) is 4.30. The second kappa shape index (κ2) is 6.92. The Morgan fingerprint density at radius 3 is 2.69 bits per heavy atom. The maximum absolute atomic E-state index is 13.2. The molecule has 1 aliphatic carbocycles. The molecule has 1 aromatic carbocycles. The lowest BCUT2D eigenvalue weighted by Crippen LogP contribution is -2.33. The van der Waals surface area contributed by atoms with E-state index in [1.165, 1.54) is 25.0 Å². The van der Waals surface area contributed by atoms with Crippen LogP contribution < -0.4 is 0 Å². The van der Waals surface area contributed by atoms with Gasteiger partial charge in [0.2, 0.25) is 5.91 Å². The Balaban J connectivity index is 1.56. The summed E-state index contributed by atoms with van der Waals surface area (Å²) in [6, 6.07) is 10.4. The lowest BCUT2D eigenvalue weighted by Gasteiger charge is -2.29. The van der Waals surface area contributed by atoms with E-state index in [-0.39, 0.29) is 17.6 Å². The van der Waals surface area contributed by atoms with E-state index in [1.54, 1.807) is 18.3 Å². The minimum absolute atomic E-state index is 0.129. The van der Waals surface area contributed by atoms with Crippen LogP contribution in [-0.2, 0) is 4.79 Å². The van der Waals surface area contributed by atoms with Gasteiger partial charge in [-0.15, -0.1) is 0 Å². The largest absolute Gasteiger partial charge is 0.342 e. The molecule has 0 unspecified atom stereocenters. The molecule has 0 bridgehead atoms. The van der Waals surface area contributed by atoms with E-state index >= 15 is 0 Å². The first-order valence-electron chi connectivity index (χ1n) is 9.14. The van der Waals surface area contributed by atoms with Gasteiger partial charge in [0.05, 0.1) is 11.6 Å². The number of fused-ring (bicyclic) bond motifs is 1. The molecule has 2 fully saturated rings. The van der Waals surface area contributed by atoms with Crippen molar-refractivity contribution in [2.75, 3.05) is 7.05 Å². The number of amides is 1. The number of aromatic nitrogens is 1. The maximum Gasteiger partial charge on any atom is 0.232 e. The van der Waals surface area contributed by atoms with Gasteiger partial charge in [-0.3, -0.25) is 9.78 Å². The first-order chi connectivity index (χ1) is 12.6. The van der Waals surface area contributed by atoms with E-state index < -0.39 is 0 Å². The molecule has 1 aromatic heterocycles. The molecule has 0 spiro atoms. The van der Waals surface area contributed by atoms with E-state index in [1.807, 2.05) is 24.1 Å². The lowest BCUT2D eigenvalue weighted by atomic mass is 9.78. The van der Waals surface area contributed by atoms with Crippen molar-refractivity contribution in [1.82, 2.24) is 9.88 Å². The number of benzene rings is 1. The monoisotopic (exact) mass is 348 g/mol. The van der Waals surface area contributed by atoms with E-state index in [2.05, 4.69) is 16.8 Å². The van der Waals surface area contributed by atoms with Crippen LogP contribution in [0.25, 0.3) is 0 Å². The van der Waals surface area contributed by atoms with E-state index in [0.29, 0.717) is 17.5 Å². The van der Waals surface area contributed by atoms with Crippen LogP contribution in [0.4, 0.5) is 4.39 Å². The summed E-state index contributed by atoms with van der Waals surface area (Å²) in [4.78, 5) is 19.2. The highest BCUT2D eigenvalue weighted by Gasteiger charge is 2.48. The van der Waals surface area contributed by atoms with E-state index in [9.17, 15) is 9.18 Å². The van der Waals surface area contributed by atoms with Gasteiger partial charge >= 0.3 is 0 Å². The Hall–Kier alpha value is -2.67. The van der Waals surface area contributed by atoms with Gasteiger partial charge in [-0.05, 0) is 49.1 Å². The normalized spacial score (nSPS) is 24.8. The second-order valence-electron chi connectivity index (χ2n) is 7.17. The Morgan fingerprint density at radius 1 is 1.12 bits per heavy atom. The van der Waals surface area contributed by atoms with Crippen LogP contribution in [0.1, 0.15) is 48.4 Å². The molecule has 3 atom stereocenters. The Kier molecular flexibility index (Phi) is 4.46. The summed E-state index contributed by atoms with van der Waals surface area (Å²) in [5.41, 5.74) is 2.23. The van der Waals surface area contributed by atoms with Crippen LogP contribution in [0.5, 0.6) is 0 Å². The van der Waals surface area contributed by atoms with Gasteiger partial charge in [0, 0.05) is 30.4 Å². The highest BCUT2D eigenvalue weighted by atomic mass is 19.1. The number of pyridine rings is 1. The van der Waals surface area contributed by atoms with Crippen LogP contribution in [-0.4, -0.2) is 28.9 Å². The third kappa shape index (κ3) is 3.10. The highest BCUT2D eigenvalue weighted by Crippen LogP contribution is 2.44. The lowest BCUT2D eigenvalue weighted by molar-refractivity contribution is -0.128. The summed E-state index contributed by atoms with van der Waals surface area (Å²) in [6.45, 7) is 0. The predicted octanol–water partition coefficient (Wildman–Crippen LogP) is 3.73. The number of likely N-dealkylation sites (N-methyl/N-ethyl adjacent to an activating group) is 1. The van der Waals surface area contributed by atoms with Crippen molar-refractivity contribution < 1.29 is 9.18 Å². The second-order valence-corrected chi connectivity index (χ2v) is 7.17. The smallest absolute Gasteiger partial charge is 0.232 e. The summed E-state index contributed by atoms with van der Waals surface area (Å²) >= 11 is 0. The summed E-state index contributed by atoms with van der Waals surface area (Å²) in [7, 11) is 1.92. The van der Waals surface area contributed by atoms with Crippen LogP contribution in [0.2, 0.25) is 0 Å². The predicted molar refractivity (Wildman–Crippen MR) is 97.9 cm³/mol. The minimum atomic E-state index is -0.295. The van der Waals surface area contributed by atoms with Crippen LogP contribution in [0.15, 0.2) is 42.6 Å². The first kappa shape index (κ1) is 16.8. The standard InChI is InChI=1S/C22H21FN2O/c1-25-20-8-3-2-7-18(20)21(22(25)26)19-12-11-16(14-24-19)10-9-15-5-4-6-17(23)13-15/h4-6,11-14,18,20-21H,2-3,7-8H2,1H3/t18-,20+,21+/m1/s1. The zero-order valence-electron chi connectivity index (χ0n) is 14.8. The van der Waals surface area contributed by atoms with Crippen molar-refractivity contribution in [3.63, 3.8) is 0 Å². The SMILES string of the molecule is CN1C(=O)[C@H](c2ccc(C#Cc3cccc(F)c3)cn2)[C@@H]2CCCC[C@@H]21. The summed E-state index contributed by atoms with van der Waals surface area (Å²) < 4.78 is 13.2. The van der Waals surface area contributed by atoms with Gasteiger partial charge in [-0.2, -0.15) is 0 Å². The van der Waals surface area contributed by atoms with E-state index in [0.717, 1.165) is 24.1 Å². The molecule has 26 heavy (non-hydrogen) atoms. The summed E-state index contributed by atoms with van der Waals surface area (Å²) in [5.74, 6) is 6.09. The molecule has 4 rings (SSSR count). The number of hydrogen-bond donors (Lipinski definition) is 0. The van der Waals surface area contributed by atoms with Crippen LogP contribution in [0.3, 0.4) is 0 Å². The van der Waals surface area contributed by atoms with Crippen molar-refractivity contribution in [3.8, 4) is 11.8 Å². The number of carbonyl (C=O) groups excluding carboxylic acids is 1. The number of hydrogen-bond acceptors (Lipinski definition) is 2. The first-order valence-corrected chi connectivity index (χ1v) is 9.14. The molecule has 2 aromatic rings. The molecule has 1 amide bonds. The summed E-state index contributed by atoms with van der Waals surface area (Å²) in [6.07, 6.45) is 6.30. The highest BCUT2D eigenvalue weighted by molar-refractivity contribution is 5.86. The maximum atomic E-state index is 13.2. The Morgan fingerprint density at radius 2 is 1.92 bits per heavy atom. The van der Waals surface area contributed by atoms with Crippen molar-refractivity contribution >= 4 is 5.91 Å². The third-order valence-electron chi connectivity index (χ3n) is 5.60. The van der Waals surface area contributed by atoms with Gasteiger partial charge in [-0.1, -0.05) is 30.7 Å². The van der Waals surface area contributed by atoms with Gasteiger partial charge in [0.1, 0.15) is 5.82 Å². The number of halogens is 1. The number of carbonyl (C=O) groups is 1. The average molecular weight is 348 g/mol. The van der Waals surface area contributed by atoms with Crippen molar-refractivity contribution in [1.29, 1.82) is 0 Å². The Bertz CT molecular complexity index is 881. The molecule has 2 aliphatic rings. The Labute approximate surface area is 153 Å². The number of nitrogens with zero attached hydrogens (tertiary/aromatic N) is 2. The third-order valence-corrected chi connectivity index (χ3v) is 5.60. The quantitative estimate of drug-likeness (QED) is 0.736. The van der Waals surface area contributed by atoms with Gasteiger partial charge in [-0.25, -0.2) is 4.39 Å². The molecule has 2 heterocycles. The fourth-order valence-electron chi connectivity index (χ4n) is 4.30. The molecule has 1 saturated carbocycles. The van der Waals surface area contributed by atoms with Crippen LogP contribution >= 0.6 is 0 Å². The number of rotatable bonds is 1. The topological polar surface area (TPSA) is 33.2 Å².